The number of unbranched alkanes of at least 4 members (excludes halogenated alkanes) is 1. The van der Waals surface area contributed by atoms with Crippen LogP contribution in [0.15, 0.2) is 0 Å². The molecule has 0 amide bonds. The van der Waals surface area contributed by atoms with Gasteiger partial charge in [0.15, 0.2) is 0 Å². The van der Waals surface area contributed by atoms with Gasteiger partial charge in [0.2, 0.25) is 0 Å². The number of ether oxygens (including phenoxy) is 1. The summed E-state index contributed by atoms with van der Waals surface area (Å²) in [6.45, 7) is 14.5. The van der Waals surface area contributed by atoms with E-state index in [2.05, 4.69) is 41.5 Å². The summed E-state index contributed by atoms with van der Waals surface area (Å²) in [6.07, 6.45) is 15.7. The summed E-state index contributed by atoms with van der Waals surface area (Å²) in [7, 11) is 0. The predicted octanol–water partition coefficient (Wildman–Crippen LogP) is 8.18. The highest BCUT2D eigenvalue weighted by atomic mass is 16.5. The van der Waals surface area contributed by atoms with Gasteiger partial charge < -0.3 is 9.84 Å². The number of hydrogen-bond donors (Lipinski definition) is 1. The Hall–Kier alpha value is -0.570. The first-order chi connectivity index (χ1) is 16.6. The molecule has 10 atom stereocenters. The fourth-order valence-electron chi connectivity index (χ4n) is 10.0. The summed E-state index contributed by atoms with van der Waals surface area (Å²) in [5.41, 5.74) is 0.523. The van der Waals surface area contributed by atoms with Crippen molar-refractivity contribution in [1.29, 1.82) is 0 Å². The number of carbonyl (C=O) groups excluding carboxylic acids is 1. The topological polar surface area (TPSA) is 46.5 Å². The Morgan fingerprint density at radius 3 is 2.46 bits per heavy atom. The molecular weight excluding hydrogens is 432 g/mol. The zero-order chi connectivity index (χ0) is 25.4. The highest BCUT2D eigenvalue weighted by Crippen LogP contribution is 2.68. The Morgan fingerprint density at radius 2 is 1.74 bits per heavy atom. The largest absolute Gasteiger partial charge is 0.462 e. The van der Waals surface area contributed by atoms with E-state index in [1.54, 1.807) is 0 Å². The summed E-state index contributed by atoms with van der Waals surface area (Å²) in [5.74, 6) is 5.24. The lowest BCUT2D eigenvalue weighted by molar-refractivity contribution is -0.203. The molecule has 202 valence electrons. The smallest absolute Gasteiger partial charge is 0.306 e. The van der Waals surface area contributed by atoms with Crippen LogP contribution in [0, 0.1) is 52.3 Å². The van der Waals surface area contributed by atoms with E-state index in [1.165, 1.54) is 57.8 Å². The molecule has 4 aliphatic rings. The zero-order valence-corrected chi connectivity index (χ0v) is 23.9. The number of aliphatic hydroxyl groups is 1. The molecule has 0 heterocycles. The van der Waals surface area contributed by atoms with Gasteiger partial charge in [0.05, 0.1) is 6.10 Å². The monoisotopic (exact) mass is 488 g/mol. The number of aliphatic hydroxyl groups excluding tert-OH is 1. The van der Waals surface area contributed by atoms with Gasteiger partial charge >= 0.3 is 5.97 Å². The first-order valence-corrected chi connectivity index (χ1v) is 15.5. The molecule has 35 heavy (non-hydrogen) atoms. The van der Waals surface area contributed by atoms with E-state index in [9.17, 15) is 9.90 Å². The van der Waals surface area contributed by atoms with E-state index in [0.29, 0.717) is 30.1 Å². The normalized spacial score (nSPS) is 43.8. The molecule has 4 fully saturated rings. The minimum atomic E-state index is -0.315. The van der Waals surface area contributed by atoms with E-state index in [4.69, 9.17) is 4.74 Å². The van der Waals surface area contributed by atoms with Crippen LogP contribution >= 0.6 is 0 Å². The van der Waals surface area contributed by atoms with Gasteiger partial charge in [-0.15, -0.1) is 0 Å². The molecule has 0 spiro atoms. The van der Waals surface area contributed by atoms with Crippen molar-refractivity contribution in [2.45, 2.75) is 144 Å². The van der Waals surface area contributed by atoms with Crippen molar-refractivity contribution in [1.82, 2.24) is 0 Å². The van der Waals surface area contributed by atoms with E-state index < -0.39 is 0 Å². The average molecular weight is 489 g/mol. The van der Waals surface area contributed by atoms with Gasteiger partial charge in [0.1, 0.15) is 6.10 Å². The Labute approximate surface area is 216 Å². The minimum Gasteiger partial charge on any atom is -0.462 e. The molecule has 4 aliphatic carbocycles. The van der Waals surface area contributed by atoms with Crippen LogP contribution in [0.4, 0.5) is 0 Å². The van der Waals surface area contributed by atoms with Crippen LogP contribution in [0.25, 0.3) is 0 Å². The molecule has 3 heteroatoms. The third-order valence-corrected chi connectivity index (χ3v) is 11.9. The molecule has 4 saturated carbocycles. The lowest BCUT2D eigenvalue weighted by Gasteiger charge is -2.62. The van der Waals surface area contributed by atoms with Crippen molar-refractivity contribution >= 4 is 5.97 Å². The number of hydrogen-bond acceptors (Lipinski definition) is 3. The Morgan fingerprint density at radius 1 is 0.971 bits per heavy atom. The third kappa shape index (κ3) is 5.23. The highest BCUT2D eigenvalue weighted by molar-refractivity contribution is 5.69. The summed E-state index contributed by atoms with van der Waals surface area (Å²) >= 11 is 0. The molecular formula is C32H56O3. The van der Waals surface area contributed by atoms with Crippen molar-refractivity contribution in [3.63, 3.8) is 0 Å². The van der Waals surface area contributed by atoms with E-state index in [0.717, 1.165) is 48.9 Å². The minimum absolute atomic E-state index is 0.0340. The van der Waals surface area contributed by atoms with Gasteiger partial charge in [-0.2, -0.15) is 0 Å². The number of carbonyl (C=O) groups is 1. The molecule has 0 aromatic rings. The SMILES string of the molecule is CCCCC(=O)OC1C[C@@H](O)C[C@H]2CC[C@@H]3[C@@H]4CC[C@H]([C@H](C)CCCC(C)C)[C@@]4(C)CC[C@@H]3[C@@]12C. The summed E-state index contributed by atoms with van der Waals surface area (Å²) in [4.78, 5) is 12.7. The van der Waals surface area contributed by atoms with Gasteiger partial charge in [-0.25, -0.2) is 0 Å². The van der Waals surface area contributed by atoms with E-state index in [1.807, 2.05) is 0 Å². The van der Waals surface area contributed by atoms with E-state index in [-0.39, 0.29) is 23.6 Å². The standard InChI is InChI=1S/C32H56O3/c1-7-8-12-30(34)35-29-20-24(33)19-23-13-14-25-27-16-15-26(22(4)11-9-10-21(2)3)31(27,5)18-17-28(25)32(23,29)6/h21-29,33H,7-20H2,1-6H3/t22-,23-,24+,25-,26-,27+,28+,29?,31-,32+/m1/s1. The zero-order valence-electron chi connectivity index (χ0n) is 23.9. The van der Waals surface area contributed by atoms with Crippen molar-refractivity contribution in [2.75, 3.05) is 0 Å². The molecule has 0 aliphatic heterocycles. The number of esters is 1. The van der Waals surface area contributed by atoms with Gasteiger partial charge in [0.25, 0.3) is 0 Å². The Balaban J connectivity index is 1.50. The second-order valence-corrected chi connectivity index (χ2v) is 14.3. The lowest BCUT2D eigenvalue weighted by atomic mass is 9.43. The summed E-state index contributed by atoms with van der Waals surface area (Å²) in [6, 6.07) is 0. The first-order valence-electron chi connectivity index (χ1n) is 15.5. The van der Waals surface area contributed by atoms with Gasteiger partial charge in [0, 0.05) is 18.3 Å². The lowest BCUT2D eigenvalue weighted by Crippen LogP contribution is -2.60. The van der Waals surface area contributed by atoms with E-state index >= 15 is 0 Å². The Bertz CT molecular complexity index is 718. The Kier molecular flexibility index (Phi) is 8.66. The molecule has 1 unspecified atom stereocenters. The number of fused-ring (bicyclic) bond motifs is 5. The quantitative estimate of drug-likeness (QED) is 0.333. The fourth-order valence-corrected chi connectivity index (χ4v) is 10.0. The summed E-state index contributed by atoms with van der Waals surface area (Å²) < 4.78 is 6.25. The molecule has 3 nitrogen and oxygen atoms in total. The maximum atomic E-state index is 12.7. The molecule has 0 aromatic carbocycles. The van der Waals surface area contributed by atoms with Crippen LogP contribution in [-0.4, -0.2) is 23.3 Å². The predicted molar refractivity (Wildman–Crippen MR) is 144 cm³/mol. The molecule has 0 bridgehead atoms. The van der Waals surface area contributed by atoms with Crippen LogP contribution in [0.5, 0.6) is 0 Å². The third-order valence-electron chi connectivity index (χ3n) is 11.9. The van der Waals surface area contributed by atoms with Crippen LogP contribution in [0.3, 0.4) is 0 Å². The molecule has 1 N–H and O–H groups in total. The van der Waals surface area contributed by atoms with Crippen molar-refractivity contribution in [3.8, 4) is 0 Å². The van der Waals surface area contributed by atoms with Crippen molar-refractivity contribution in [2.24, 2.45) is 52.3 Å². The van der Waals surface area contributed by atoms with Crippen LogP contribution < -0.4 is 0 Å². The number of rotatable bonds is 9. The van der Waals surface area contributed by atoms with Crippen LogP contribution in [0.1, 0.15) is 131 Å². The highest BCUT2D eigenvalue weighted by Gasteiger charge is 2.63. The van der Waals surface area contributed by atoms with Crippen molar-refractivity contribution in [3.05, 3.63) is 0 Å². The fraction of sp³-hybridized carbons (Fsp3) is 0.969. The second kappa shape index (κ2) is 11.0. The van der Waals surface area contributed by atoms with Crippen LogP contribution in [0.2, 0.25) is 0 Å². The average Bonchev–Trinajstić information content (AvgIpc) is 3.15. The van der Waals surface area contributed by atoms with Gasteiger partial charge in [-0.05, 0) is 98.2 Å². The maximum absolute atomic E-state index is 12.7. The maximum Gasteiger partial charge on any atom is 0.306 e. The molecule has 4 rings (SSSR count). The van der Waals surface area contributed by atoms with Crippen molar-refractivity contribution < 1.29 is 14.6 Å². The molecule has 0 radical (unpaired) electrons. The van der Waals surface area contributed by atoms with Gasteiger partial charge in [-0.1, -0.05) is 67.2 Å². The first kappa shape index (κ1) is 27.5. The van der Waals surface area contributed by atoms with Gasteiger partial charge in [-0.3, -0.25) is 4.79 Å². The second-order valence-electron chi connectivity index (χ2n) is 14.3. The van der Waals surface area contributed by atoms with Crippen LogP contribution in [-0.2, 0) is 9.53 Å². The molecule has 0 saturated heterocycles. The summed E-state index contributed by atoms with van der Waals surface area (Å²) in [5, 5.41) is 10.7. The molecule has 0 aromatic heterocycles.